The SMILES string of the molecule is OCc1ccc(CNc2cccc3ccccc23)cc1. The van der Waals surface area contributed by atoms with Gasteiger partial charge in [-0.15, -0.1) is 0 Å². The first-order chi connectivity index (χ1) is 9.86. The molecule has 20 heavy (non-hydrogen) atoms. The zero-order valence-electron chi connectivity index (χ0n) is 11.2. The number of hydrogen-bond acceptors (Lipinski definition) is 2. The summed E-state index contributed by atoms with van der Waals surface area (Å²) in [7, 11) is 0. The van der Waals surface area contributed by atoms with Crippen LogP contribution in [0.3, 0.4) is 0 Å². The van der Waals surface area contributed by atoms with Crippen molar-refractivity contribution in [1.82, 2.24) is 0 Å². The molecular weight excluding hydrogens is 246 g/mol. The van der Waals surface area contributed by atoms with Crippen LogP contribution in [-0.2, 0) is 13.2 Å². The third-order valence-corrected chi connectivity index (χ3v) is 3.48. The van der Waals surface area contributed by atoms with Gasteiger partial charge in [-0.25, -0.2) is 0 Å². The lowest BCUT2D eigenvalue weighted by molar-refractivity contribution is 0.282. The van der Waals surface area contributed by atoms with E-state index in [0.717, 1.165) is 17.8 Å². The molecule has 0 bridgehead atoms. The van der Waals surface area contributed by atoms with Crippen LogP contribution in [0.4, 0.5) is 5.69 Å². The average molecular weight is 263 g/mol. The van der Waals surface area contributed by atoms with Crippen LogP contribution in [0.1, 0.15) is 11.1 Å². The quantitative estimate of drug-likeness (QED) is 0.747. The zero-order chi connectivity index (χ0) is 13.8. The number of benzene rings is 3. The van der Waals surface area contributed by atoms with Crippen molar-refractivity contribution in [3.05, 3.63) is 77.9 Å². The van der Waals surface area contributed by atoms with Crippen LogP contribution in [0.2, 0.25) is 0 Å². The molecule has 0 heterocycles. The molecule has 3 aromatic rings. The Kier molecular flexibility index (Phi) is 3.66. The van der Waals surface area contributed by atoms with Gasteiger partial charge in [-0.3, -0.25) is 0 Å². The van der Waals surface area contributed by atoms with Gasteiger partial charge in [-0.2, -0.15) is 0 Å². The van der Waals surface area contributed by atoms with Gasteiger partial charge in [-0.1, -0.05) is 60.7 Å². The number of nitrogens with one attached hydrogen (secondary N) is 1. The van der Waals surface area contributed by atoms with Gasteiger partial charge in [-0.05, 0) is 22.6 Å². The molecule has 0 fully saturated rings. The maximum absolute atomic E-state index is 9.04. The zero-order valence-corrected chi connectivity index (χ0v) is 11.2. The van der Waals surface area contributed by atoms with Gasteiger partial charge in [0, 0.05) is 17.6 Å². The summed E-state index contributed by atoms with van der Waals surface area (Å²) in [4.78, 5) is 0. The van der Waals surface area contributed by atoms with Crippen LogP contribution >= 0.6 is 0 Å². The molecule has 0 aliphatic heterocycles. The van der Waals surface area contributed by atoms with Gasteiger partial charge in [0.1, 0.15) is 0 Å². The molecule has 3 rings (SSSR count). The first-order valence-corrected chi connectivity index (χ1v) is 6.77. The molecule has 0 saturated carbocycles. The van der Waals surface area contributed by atoms with Crippen molar-refractivity contribution in [2.24, 2.45) is 0 Å². The van der Waals surface area contributed by atoms with Gasteiger partial charge in [0.2, 0.25) is 0 Å². The lowest BCUT2D eigenvalue weighted by Gasteiger charge is -2.10. The van der Waals surface area contributed by atoms with Crippen molar-refractivity contribution in [3.63, 3.8) is 0 Å². The van der Waals surface area contributed by atoms with Gasteiger partial charge in [0.05, 0.1) is 6.61 Å². The van der Waals surface area contributed by atoms with E-state index in [0.29, 0.717) is 0 Å². The molecule has 0 aliphatic rings. The number of aliphatic hydroxyl groups is 1. The molecule has 2 nitrogen and oxygen atoms in total. The minimum Gasteiger partial charge on any atom is -0.392 e. The second kappa shape index (κ2) is 5.76. The first kappa shape index (κ1) is 12.7. The van der Waals surface area contributed by atoms with Crippen molar-refractivity contribution in [1.29, 1.82) is 0 Å². The molecule has 0 unspecified atom stereocenters. The summed E-state index contributed by atoms with van der Waals surface area (Å²) in [6, 6.07) is 22.7. The Bertz CT molecular complexity index is 699. The average Bonchev–Trinajstić information content (AvgIpc) is 2.53. The van der Waals surface area contributed by atoms with Crippen LogP contribution in [0.5, 0.6) is 0 Å². The Hall–Kier alpha value is -2.32. The van der Waals surface area contributed by atoms with Crippen LogP contribution in [0.25, 0.3) is 10.8 Å². The Morgan fingerprint density at radius 3 is 2.25 bits per heavy atom. The minimum absolute atomic E-state index is 0.0943. The standard InChI is InChI=1S/C18H17NO/c20-13-15-10-8-14(9-11-15)12-19-18-7-3-5-16-4-1-2-6-17(16)18/h1-11,19-20H,12-13H2. The molecule has 0 saturated heterocycles. The normalized spacial score (nSPS) is 10.7. The maximum Gasteiger partial charge on any atom is 0.0681 e. The van der Waals surface area contributed by atoms with E-state index in [1.165, 1.54) is 16.3 Å². The van der Waals surface area contributed by atoms with Crippen molar-refractivity contribution in [3.8, 4) is 0 Å². The first-order valence-electron chi connectivity index (χ1n) is 6.77. The summed E-state index contributed by atoms with van der Waals surface area (Å²) in [6.45, 7) is 0.872. The highest BCUT2D eigenvalue weighted by Gasteiger charge is 2.00. The predicted molar refractivity (Wildman–Crippen MR) is 83.6 cm³/mol. The number of hydrogen-bond donors (Lipinski definition) is 2. The van der Waals surface area contributed by atoms with E-state index < -0.39 is 0 Å². The number of fused-ring (bicyclic) bond motifs is 1. The number of rotatable bonds is 4. The summed E-state index contributed by atoms with van der Waals surface area (Å²) in [6.07, 6.45) is 0. The molecular formula is C18H17NO. The van der Waals surface area contributed by atoms with Crippen LogP contribution in [0, 0.1) is 0 Å². The second-order valence-corrected chi connectivity index (χ2v) is 4.85. The minimum atomic E-state index is 0.0943. The van der Waals surface area contributed by atoms with Gasteiger partial charge < -0.3 is 10.4 Å². The lowest BCUT2D eigenvalue weighted by atomic mass is 10.1. The summed E-state index contributed by atoms with van der Waals surface area (Å²) < 4.78 is 0. The topological polar surface area (TPSA) is 32.3 Å². The summed E-state index contributed by atoms with van der Waals surface area (Å²) in [5.74, 6) is 0. The highest BCUT2D eigenvalue weighted by Crippen LogP contribution is 2.23. The molecule has 100 valence electrons. The fraction of sp³-hybridized carbons (Fsp3) is 0.111. The third-order valence-electron chi connectivity index (χ3n) is 3.48. The Morgan fingerprint density at radius 2 is 1.45 bits per heavy atom. The Labute approximate surface area is 118 Å². The van der Waals surface area contributed by atoms with Crippen molar-refractivity contribution in [2.45, 2.75) is 13.2 Å². The third kappa shape index (κ3) is 2.65. The summed E-state index contributed by atoms with van der Waals surface area (Å²) in [5.41, 5.74) is 3.29. The van der Waals surface area contributed by atoms with E-state index >= 15 is 0 Å². The summed E-state index contributed by atoms with van der Waals surface area (Å²) in [5, 5.41) is 15.0. The van der Waals surface area contributed by atoms with Gasteiger partial charge >= 0.3 is 0 Å². The molecule has 0 aliphatic carbocycles. The van der Waals surface area contributed by atoms with Gasteiger partial charge in [0.15, 0.2) is 0 Å². The lowest BCUT2D eigenvalue weighted by Crippen LogP contribution is -2.00. The largest absolute Gasteiger partial charge is 0.392 e. The molecule has 2 heteroatoms. The second-order valence-electron chi connectivity index (χ2n) is 4.85. The molecule has 0 spiro atoms. The fourth-order valence-corrected chi connectivity index (χ4v) is 2.34. The van der Waals surface area contributed by atoms with Crippen molar-refractivity contribution >= 4 is 16.5 Å². The molecule has 0 amide bonds. The smallest absolute Gasteiger partial charge is 0.0681 e. The summed E-state index contributed by atoms with van der Waals surface area (Å²) >= 11 is 0. The number of aliphatic hydroxyl groups excluding tert-OH is 1. The van der Waals surface area contributed by atoms with E-state index in [2.05, 4.69) is 47.8 Å². The van der Waals surface area contributed by atoms with E-state index in [4.69, 9.17) is 5.11 Å². The monoisotopic (exact) mass is 263 g/mol. The molecule has 0 radical (unpaired) electrons. The fourth-order valence-electron chi connectivity index (χ4n) is 2.34. The number of anilines is 1. The molecule has 0 atom stereocenters. The highest BCUT2D eigenvalue weighted by atomic mass is 16.3. The van der Waals surface area contributed by atoms with E-state index in [1.807, 2.05) is 24.3 Å². The predicted octanol–water partition coefficient (Wildman–Crippen LogP) is 3.94. The van der Waals surface area contributed by atoms with Crippen molar-refractivity contribution in [2.75, 3.05) is 5.32 Å². The highest BCUT2D eigenvalue weighted by molar-refractivity contribution is 5.93. The van der Waals surface area contributed by atoms with Crippen LogP contribution in [-0.4, -0.2) is 5.11 Å². The van der Waals surface area contributed by atoms with E-state index in [9.17, 15) is 0 Å². The van der Waals surface area contributed by atoms with E-state index in [1.54, 1.807) is 0 Å². The van der Waals surface area contributed by atoms with E-state index in [-0.39, 0.29) is 6.61 Å². The molecule has 3 aromatic carbocycles. The maximum atomic E-state index is 9.04. The van der Waals surface area contributed by atoms with Gasteiger partial charge in [0.25, 0.3) is 0 Å². The van der Waals surface area contributed by atoms with Crippen LogP contribution in [0.15, 0.2) is 66.7 Å². The molecule has 2 N–H and O–H groups in total. The van der Waals surface area contributed by atoms with Crippen molar-refractivity contribution < 1.29 is 5.11 Å². The Morgan fingerprint density at radius 1 is 0.750 bits per heavy atom. The molecule has 0 aromatic heterocycles. The Balaban J connectivity index is 1.79. The van der Waals surface area contributed by atoms with Crippen LogP contribution < -0.4 is 5.32 Å².